The molecule has 1 N–H and O–H groups in total. The van der Waals surface area contributed by atoms with E-state index in [0.29, 0.717) is 11.2 Å². The average Bonchev–Trinajstić information content (AvgIpc) is 3.34. The second-order valence-corrected chi connectivity index (χ2v) is 6.49. The quantitative estimate of drug-likeness (QED) is 0.820. The molecule has 0 bridgehead atoms. The van der Waals surface area contributed by atoms with E-state index < -0.39 is 0 Å². The summed E-state index contributed by atoms with van der Waals surface area (Å²) in [6.07, 6.45) is 2.63. The van der Waals surface area contributed by atoms with E-state index in [1.807, 2.05) is 12.1 Å². The number of hydrogen-bond donors (Lipinski definition) is 1. The van der Waals surface area contributed by atoms with E-state index in [0.717, 1.165) is 37.6 Å². The molecule has 1 atom stereocenters. The summed E-state index contributed by atoms with van der Waals surface area (Å²) in [6.45, 7) is 4.35. The van der Waals surface area contributed by atoms with Gasteiger partial charge in [0.05, 0.1) is 5.52 Å². The summed E-state index contributed by atoms with van der Waals surface area (Å²) in [4.78, 5) is 7.21. The lowest BCUT2D eigenvalue weighted by Gasteiger charge is -2.35. The van der Waals surface area contributed by atoms with Gasteiger partial charge in [-0.05, 0) is 30.9 Å². The van der Waals surface area contributed by atoms with E-state index in [-0.39, 0.29) is 24.8 Å². The summed E-state index contributed by atoms with van der Waals surface area (Å²) < 4.78 is 0. The van der Waals surface area contributed by atoms with Crippen molar-refractivity contribution in [3.63, 3.8) is 0 Å². The number of benzene rings is 1. The number of halogens is 3. The summed E-state index contributed by atoms with van der Waals surface area (Å²) in [7, 11) is 0. The molecule has 4 rings (SSSR count). The van der Waals surface area contributed by atoms with Crippen molar-refractivity contribution in [2.24, 2.45) is 5.92 Å². The maximum absolute atomic E-state index is 6.54. The maximum atomic E-state index is 6.54. The smallest absolute Gasteiger partial charge is 0.134 e. The van der Waals surface area contributed by atoms with Crippen molar-refractivity contribution < 1.29 is 0 Å². The first-order valence-electron chi connectivity index (χ1n) is 7.83. The van der Waals surface area contributed by atoms with Gasteiger partial charge in [0.1, 0.15) is 5.15 Å². The number of nitrogens with one attached hydrogen (secondary N) is 1. The lowest BCUT2D eigenvalue weighted by atomic mass is 9.99. The number of aromatic nitrogens is 1. The van der Waals surface area contributed by atoms with Crippen LogP contribution in [0.3, 0.4) is 0 Å². The number of fused-ring (bicyclic) bond motifs is 1. The monoisotopic (exact) mass is 373 g/mol. The third kappa shape index (κ3) is 3.92. The van der Waals surface area contributed by atoms with Gasteiger partial charge in [0, 0.05) is 43.2 Å². The van der Waals surface area contributed by atoms with Gasteiger partial charge >= 0.3 is 0 Å². The van der Waals surface area contributed by atoms with Crippen LogP contribution in [0, 0.1) is 5.92 Å². The third-order valence-corrected chi connectivity index (χ3v) is 4.94. The number of rotatable bonds is 3. The van der Waals surface area contributed by atoms with Gasteiger partial charge in [0.25, 0.3) is 0 Å². The zero-order valence-corrected chi connectivity index (χ0v) is 15.3. The van der Waals surface area contributed by atoms with Crippen molar-refractivity contribution in [1.82, 2.24) is 15.2 Å². The molecule has 1 saturated heterocycles. The SMILES string of the molecule is Cl.Cl.Clc1nc2ccccc2cc1[C@@H](C1CC1)N1CCNCC1. The van der Waals surface area contributed by atoms with Gasteiger partial charge in [-0.25, -0.2) is 4.98 Å². The van der Waals surface area contributed by atoms with Crippen molar-refractivity contribution in [3.05, 3.63) is 41.0 Å². The molecule has 6 heteroatoms. The van der Waals surface area contributed by atoms with E-state index in [4.69, 9.17) is 11.6 Å². The Morgan fingerprint density at radius 3 is 2.52 bits per heavy atom. The van der Waals surface area contributed by atoms with E-state index in [9.17, 15) is 0 Å². The fourth-order valence-electron chi connectivity index (χ4n) is 3.44. The van der Waals surface area contributed by atoms with Gasteiger partial charge in [-0.15, -0.1) is 24.8 Å². The lowest BCUT2D eigenvalue weighted by molar-refractivity contribution is 0.156. The van der Waals surface area contributed by atoms with E-state index >= 15 is 0 Å². The summed E-state index contributed by atoms with van der Waals surface area (Å²) >= 11 is 6.54. The zero-order valence-electron chi connectivity index (χ0n) is 12.9. The molecule has 0 unspecified atom stereocenters. The second kappa shape index (κ2) is 8.00. The second-order valence-electron chi connectivity index (χ2n) is 6.13. The molecule has 1 aliphatic carbocycles. The number of hydrogen-bond acceptors (Lipinski definition) is 3. The Kier molecular flexibility index (Phi) is 6.52. The minimum Gasteiger partial charge on any atom is -0.314 e. The fourth-order valence-corrected chi connectivity index (χ4v) is 3.69. The molecule has 1 aliphatic heterocycles. The fraction of sp³-hybridized carbons (Fsp3) is 0.471. The third-order valence-electron chi connectivity index (χ3n) is 4.64. The predicted molar refractivity (Wildman–Crippen MR) is 101 cm³/mol. The molecular formula is C17H22Cl3N3. The number of nitrogens with zero attached hydrogens (tertiary/aromatic N) is 2. The van der Waals surface area contributed by atoms with Crippen LogP contribution in [-0.4, -0.2) is 36.1 Å². The molecule has 23 heavy (non-hydrogen) atoms. The van der Waals surface area contributed by atoms with Crippen molar-refractivity contribution >= 4 is 47.3 Å². The summed E-state index contributed by atoms with van der Waals surface area (Å²) in [6, 6.07) is 10.9. The lowest BCUT2D eigenvalue weighted by Crippen LogP contribution is -2.45. The minimum atomic E-state index is 0. The van der Waals surface area contributed by atoms with Crippen LogP contribution in [0.15, 0.2) is 30.3 Å². The first-order chi connectivity index (χ1) is 10.3. The number of pyridine rings is 1. The molecule has 2 fully saturated rings. The van der Waals surface area contributed by atoms with Gasteiger partial charge in [-0.2, -0.15) is 0 Å². The molecule has 3 nitrogen and oxygen atoms in total. The Bertz CT molecular complexity index is 655. The molecule has 0 spiro atoms. The molecule has 2 heterocycles. The largest absolute Gasteiger partial charge is 0.314 e. The van der Waals surface area contributed by atoms with Crippen LogP contribution in [0.1, 0.15) is 24.4 Å². The Morgan fingerprint density at radius 1 is 1.13 bits per heavy atom. The van der Waals surface area contributed by atoms with Gasteiger partial charge in [0.2, 0.25) is 0 Å². The topological polar surface area (TPSA) is 28.2 Å². The highest BCUT2D eigenvalue weighted by atomic mass is 35.5. The van der Waals surface area contributed by atoms with Crippen molar-refractivity contribution in [2.75, 3.05) is 26.2 Å². The number of para-hydroxylation sites is 1. The van der Waals surface area contributed by atoms with E-state index in [1.165, 1.54) is 23.8 Å². The van der Waals surface area contributed by atoms with Crippen LogP contribution in [0.25, 0.3) is 10.9 Å². The molecular weight excluding hydrogens is 353 g/mol. The molecule has 126 valence electrons. The molecule has 1 aromatic carbocycles. The molecule has 2 aromatic rings. The summed E-state index contributed by atoms with van der Waals surface area (Å²) in [5.41, 5.74) is 2.21. The van der Waals surface area contributed by atoms with Crippen molar-refractivity contribution in [2.45, 2.75) is 18.9 Å². The first kappa shape index (κ1) is 18.8. The normalized spacial score (nSPS) is 19.7. The number of piperazine rings is 1. The van der Waals surface area contributed by atoms with Crippen LogP contribution in [0.5, 0.6) is 0 Å². The predicted octanol–water partition coefficient (Wildman–Crippen LogP) is 4.09. The standard InChI is InChI=1S/C17H20ClN3.2ClH/c18-17-14(11-13-3-1-2-4-15(13)20-17)16(12-5-6-12)21-9-7-19-8-10-21;;/h1-4,11-12,16,19H,5-10H2;2*1H/t16-;;/m1../s1. The maximum Gasteiger partial charge on any atom is 0.134 e. The Labute approximate surface area is 154 Å². The van der Waals surface area contributed by atoms with Crippen LogP contribution in [-0.2, 0) is 0 Å². The van der Waals surface area contributed by atoms with Crippen LogP contribution in [0.4, 0.5) is 0 Å². The average molecular weight is 375 g/mol. The van der Waals surface area contributed by atoms with E-state index in [2.05, 4.69) is 33.4 Å². The highest BCUT2D eigenvalue weighted by Crippen LogP contribution is 2.46. The van der Waals surface area contributed by atoms with Crippen LogP contribution < -0.4 is 5.32 Å². The molecule has 0 amide bonds. The van der Waals surface area contributed by atoms with Crippen molar-refractivity contribution in [1.29, 1.82) is 0 Å². The van der Waals surface area contributed by atoms with Gasteiger partial charge in [0.15, 0.2) is 0 Å². The first-order valence-corrected chi connectivity index (χ1v) is 8.21. The summed E-state index contributed by atoms with van der Waals surface area (Å²) in [5.74, 6) is 0.753. The zero-order chi connectivity index (χ0) is 14.2. The molecule has 0 radical (unpaired) electrons. The highest BCUT2D eigenvalue weighted by molar-refractivity contribution is 6.30. The van der Waals surface area contributed by atoms with Crippen LogP contribution in [0.2, 0.25) is 5.15 Å². The van der Waals surface area contributed by atoms with Crippen molar-refractivity contribution in [3.8, 4) is 0 Å². The Morgan fingerprint density at radius 2 is 1.83 bits per heavy atom. The van der Waals surface area contributed by atoms with Gasteiger partial charge < -0.3 is 5.32 Å². The Hall–Kier alpha value is -0.580. The van der Waals surface area contributed by atoms with E-state index in [1.54, 1.807) is 0 Å². The van der Waals surface area contributed by atoms with Crippen LogP contribution >= 0.6 is 36.4 Å². The molecule has 1 saturated carbocycles. The highest BCUT2D eigenvalue weighted by Gasteiger charge is 2.38. The Balaban J connectivity index is 0.000000960. The summed E-state index contributed by atoms with van der Waals surface area (Å²) in [5, 5.41) is 5.31. The molecule has 2 aliphatic rings. The molecule has 1 aromatic heterocycles. The minimum absolute atomic E-state index is 0. The van der Waals surface area contributed by atoms with Gasteiger partial charge in [-0.3, -0.25) is 4.90 Å². The van der Waals surface area contributed by atoms with Gasteiger partial charge in [-0.1, -0.05) is 29.8 Å².